The van der Waals surface area contributed by atoms with Crippen molar-refractivity contribution in [3.63, 3.8) is 0 Å². The van der Waals surface area contributed by atoms with Crippen molar-refractivity contribution in [3.8, 4) is 0 Å². The van der Waals surface area contributed by atoms with Gasteiger partial charge in [0.05, 0.1) is 28.3 Å². The highest BCUT2D eigenvalue weighted by atomic mass is 32.2. The molecule has 0 saturated carbocycles. The van der Waals surface area contributed by atoms with Crippen LogP contribution in [-0.2, 0) is 14.3 Å². The number of benzene rings is 1. The number of hydrogen-bond donors (Lipinski definition) is 2. The third-order valence-electron chi connectivity index (χ3n) is 4.19. The zero-order valence-electron chi connectivity index (χ0n) is 16.8. The van der Waals surface area contributed by atoms with Crippen LogP contribution in [0.5, 0.6) is 0 Å². The van der Waals surface area contributed by atoms with Crippen LogP contribution in [0.25, 0.3) is 10.9 Å². The number of nitrogens with one attached hydrogen (secondary N) is 1. The van der Waals surface area contributed by atoms with E-state index in [0.29, 0.717) is 10.6 Å². The number of nitrogens with two attached hydrogens (primary N) is 1. The Hall–Kier alpha value is -3.02. The standard InChI is InChI=1S/C20H20N4O5S2/c1-11-15(20(27)29-8-7-28-2)19(31-16(11)17(21)26)24-14(25)9-30-18-12-5-3-4-6-13(12)22-10-23-18/h3-6,10H,7-9H2,1-2H3,(H2,21,26)(H,24,25). The Morgan fingerprint density at radius 3 is 2.71 bits per heavy atom. The van der Waals surface area contributed by atoms with E-state index in [9.17, 15) is 14.4 Å². The number of thiophene rings is 1. The van der Waals surface area contributed by atoms with Gasteiger partial charge in [0.25, 0.3) is 5.91 Å². The lowest BCUT2D eigenvalue weighted by atomic mass is 10.1. The maximum absolute atomic E-state index is 12.6. The Bertz CT molecular complexity index is 1130. The molecule has 0 fully saturated rings. The topological polar surface area (TPSA) is 134 Å². The van der Waals surface area contributed by atoms with Gasteiger partial charge in [-0.25, -0.2) is 14.8 Å². The molecule has 0 aliphatic carbocycles. The molecule has 2 heterocycles. The normalized spacial score (nSPS) is 10.8. The molecule has 0 atom stereocenters. The summed E-state index contributed by atoms with van der Waals surface area (Å²) in [7, 11) is 1.49. The van der Waals surface area contributed by atoms with Crippen LogP contribution in [0.4, 0.5) is 5.00 Å². The van der Waals surface area contributed by atoms with Crippen molar-refractivity contribution in [2.75, 3.05) is 31.4 Å². The van der Waals surface area contributed by atoms with E-state index in [-0.39, 0.29) is 40.3 Å². The van der Waals surface area contributed by atoms with Gasteiger partial charge in [0.15, 0.2) is 0 Å². The van der Waals surface area contributed by atoms with Crippen LogP contribution in [-0.4, -0.2) is 53.8 Å². The first-order valence-corrected chi connectivity index (χ1v) is 10.9. The number of amides is 2. The van der Waals surface area contributed by atoms with E-state index in [2.05, 4.69) is 15.3 Å². The van der Waals surface area contributed by atoms with Crippen LogP contribution in [0.3, 0.4) is 0 Å². The molecule has 0 bridgehead atoms. The van der Waals surface area contributed by atoms with Gasteiger partial charge in [-0.1, -0.05) is 30.0 Å². The molecule has 0 aliphatic heterocycles. The third-order valence-corrected chi connectivity index (χ3v) is 6.42. The molecule has 162 valence electrons. The summed E-state index contributed by atoms with van der Waals surface area (Å²) in [4.78, 5) is 45.4. The maximum Gasteiger partial charge on any atom is 0.341 e. The van der Waals surface area contributed by atoms with Crippen LogP contribution < -0.4 is 11.1 Å². The first-order valence-electron chi connectivity index (χ1n) is 9.14. The largest absolute Gasteiger partial charge is 0.460 e. The molecule has 9 nitrogen and oxygen atoms in total. The molecule has 0 saturated heterocycles. The lowest BCUT2D eigenvalue weighted by Gasteiger charge is -2.08. The molecule has 0 spiro atoms. The van der Waals surface area contributed by atoms with Crippen molar-refractivity contribution in [2.45, 2.75) is 11.9 Å². The Labute approximate surface area is 186 Å². The maximum atomic E-state index is 12.6. The minimum absolute atomic E-state index is 0.0422. The number of rotatable bonds is 9. The number of methoxy groups -OCH3 is 1. The van der Waals surface area contributed by atoms with Gasteiger partial charge in [-0.2, -0.15) is 0 Å². The molecular formula is C20H20N4O5S2. The lowest BCUT2D eigenvalue weighted by Crippen LogP contribution is -2.17. The van der Waals surface area contributed by atoms with Crippen molar-refractivity contribution < 1.29 is 23.9 Å². The van der Waals surface area contributed by atoms with Gasteiger partial charge in [0, 0.05) is 12.5 Å². The highest BCUT2D eigenvalue weighted by Crippen LogP contribution is 2.34. The number of aromatic nitrogens is 2. The highest BCUT2D eigenvalue weighted by molar-refractivity contribution is 8.00. The Kier molecular flexibility index (Phi) is 7.55. The monoisotopic (exact) mass is 460 g/mol. The summed E-state index contributed by atoms with van der Waals surface area (Å²) < 4.78 is 10.0. The molecule has 0 radical (unpaired) electrons. The zero-order valence-corrected chi connectivity index (χ0v) is 18.5. The van der Waals surface area contributed by atoms with Crippen molar-refractivity contribution >= 4 is 56.8 Å². The number of carbonyl (C=O) groups is 3. The summed E-state index contributed by atoms with van der Waals surface area (Å²) in [6, 6.07) is 7.49. The first-order chi connectivity index (χ1) is 14.9. The second-order valence-electron chi connectivity index (χ2n) is 6.29. The second-order valence-corrected chi connectivity index (χ2v) is 8.27. The van der Waals surface area contributed by atoms with Gasteiger partial charge in [-0.15, -0.1) is 11.3 Å². The average Bonchev–Trinajstić information content (AvgIpc) is 3.08. The Morgan fingerprint density at radius 1 is 1.19 bits per heavy atom. The Morgan fingerprint density at radius 2 is 1.97 bits per heavy atom. The minimum atomic E-state index is -0.684. The minimum Gasteiger partial charge on any atom is -0.460 e. The molecule has 1 aromatic carbocycles. The number of anilines is 1. The Balaban J connectivity index is 1.76. The van der Waals surface area contributed by atoms with E-state index in [1.807, 2.05) is 24.3 Å². The number of para-hydroxylation sites is 1. The number of thioether (sulfide) groups is 1. The van der Waals surface area contributed by atoms with Gasteiger partial charge in [-0.3, -0.25) is 9.59 Å². The lowest BCUT2D eigenvalue weighted by molar-refractivity contribution is -0.113. The molecule has 3 rings (SSSR count). The fraction of sp³-hybridized carbons (Fsp3) is 0.250. The van der Waals surface area contributed by atoms with Crippen LogP contribution in [0.1, 0.15) is 25.6 Å². The fourth-order valence-corrected chi connectivity index (χ4v) is 4.62. The molecular weight excluding hydrogens is 440 g/mol. The number of hydrogen-bond acceptors (Lipinski definition) is 9. The van der Waals surface area contributed by atoms with Crippen molar-refractivity contribution in [3.05, 3.63) is 46.6 Å². The van der Waals surface area contributed by atoms with E-state index in [1.165, 1.54) is 25.2 Å². The number of primary amides is 1. The number of ether oxygens (including phenoxy) is 2. The zero-order chi connectivity index (χ0) is 22.4. The number of esters is 1. The van der Waals surface area contributed by atoms with Crippen LogP contribution in [0.2, 0.25) is 0 Å². The van der Waals surface area contributed by atoms with Crippen molar-refractivity contribution in [2.24, 2.45) is 5.73 Å². The van der Waals surface area contributed by atoms with E-state index in [1.54, 1.807) is 6.92 Å². The summed E-state index contributed by atoms with van der Waals surface area (Å²) in [5.74, 6) is -1.67. The first kappa shape index (κ1) is 22.7. The molecule has 0 aliphatic rings. The summed E-state index contributed by atoms with van der Waals surface area (Å²) in [5, 5.41) is 4.41. The molecule has 11 heteroatoms. The van der Waals surface area contributed by atoms with E-state index in [4.69, 9.17) is 15.2 Å². The molecule has 3 N–H and O–H groups in total. The molecule has 2 amide bonds. The molecule has 2 aromatic heterocycles. The van der Waals surface area contributed by atoms with E-state index in [0.717, 1.165) is 22.2 Å². The predicted octanol–water partition coefficient (Wildman–Crippen LogP) is 2.63. The SMILES string of the molecule is COCCOC(=O)c1c(NC(=O)CSc2ncnc3ccccc23)sc(C(N)=O)c1C. The number of fused-ring (bicyclic) bond motifs is 1. The average molecular weight is 461 g/mol. The van der Waals surface area contributed by atoms with E-state index >= 15 is 0 Å². The third kappa shape index (κ3) is 5.37. The number of nitrogens with zero attached hydrogens (tertiary/aromatic N) is 2. The van der Waals surface area contributed by atoms with Gasteiger partial charge in [-0.05, 0) is 18.6 Å². The van der Waals surface area contributed by atoms with Gasteiger partial charge in [0.2, 0.25) is 5.91 Å². The van der Waals surface area contributed by atoms with Crippen molar-refractivity contribution in [1.29, 1.82) is 0 Å². The molecule has 31 heavy (non-hydrogen) atoms. The smallest absolute Gasteiger partial charge is 0.341 e. The summed E-state index contributed by atoms with van der Waals surface area (Å²) >= 11 is 2.18. The van der Waals surface area contributed by atoms with Crippen molar-refractivity contribution in [1.82, 2.24) is 9.97 Å². The van der Waals surface area contributed by atoms with Crippen LogP contribution in [0, 0.1) is 6.92 Å². The summed E-state index contributed by atoms with van der Waals surface area (Å²) in [6.07, 6.45) is 1.44. The van der Waals surface area contributed by atoms with Gasteiger partial charge >= 0.3 is 5.97 Å². The summed E-state index contributed by atoms with van der Waals surface area (Å²) in [6.45, 7) is 1.85. The quantitative estimate of drug-likeness (QED) is 0.215. The van der Waals surface area contributed by atoms with Gasteiger partial charge < -0.3 is 20.5 Å². The van der Waals surface area contributed by atoms with Crippen LogP contribution in [0.15, 0.2) is 35.6 Å². The summed E-state index contributed by atoms with van der Waals surface area (Å²) in [5.41, 5.74) is 6.66. The fourth-order valence-electron chi connectivity index (χ4n) is 2.76. The predicted molar refractivity (Wildman–Crippen MR) is 119 cm³/mol. The van der Waals surface area contributed by atoms with E-state index < -0.39 is 11.9 Å². The molecule has 3 aromatic rings. The molecule has 0 unspecified atom stereocenters. The second kappa shape index (κ2) is 10.3. The highest BCUT2D eigenvalue weighted by Gasteiger charge is 2.26. The number of carbonyl (C=O) groups excluding carboxylic acids is 3. The van der Waals surface area contributed by atoms with Gasteiger partial charge in [0.1, 0.15) is 23.0 Å². The van der Waals surface area contributed by atoms with Crippen LogP contribution >= 0.6 is 23.1 Å².